The second kappa shape index (κ2) is 9.80. The van der Waals surface area contributed by atoms with Gasteiger partial charge in [0.15, 0.2) is 6.29 Å². The van der Waals surface area contributed by atoms with E-state index >= 15 is 0 Å². The van der Waals surface area contributed by atoms with Crippen molar-refractivity contribution in [3.63, 3.8) is 0 Å². The van der Waals surface area contributed by atoms with Gasteiger partial charge >= 0.3 is 5.97 Å². The van der Waals surface area contributed by atoms with Crippen molar-refractivity contribution in [3.8, 4) is 0 Å². The predicted octanol–water partition coefficient (Wildman–Crippen LogP) is 3.42. The van der Waals surface area contributed by atoms with Crippen LogP contribution in [0.4, 0.5) is 0 Å². The highest BCUT2D eigenvalue weighted by Crippen LogP contribution is 2.36. The third-order valence-electron chi connectivity index (χ3n) is 3.16. The molecule has 1 atom stereocenters. The summed E-state index contributed by atoms with van der Waals surface area (Å²) >= 11 is 3.22. The molecular formula is C17H20O4S2. The van der Waals surface area contributed by atoms with Crippen molar-refractivity contribution >= 4 is 35.8 Å². The van der Waals surface area contributed by atoms with Crippen LogP contribution in [-0.4, -0.2) is 36.5 Å². The van der Waals surface area contributed by atoms with Gasteiger partial charge in [-0.2, -0.15) is 0 Å². The van der Waals surface area contributed by atoms with E-state index < -0.39 is 0 Å². The van der Waals surface area contributed by atoms with E-state index in [9.17, 15) is 9.59 Å². The van der Waals surface area contributed by atoms with Gasteiger partial charge in [0.25, 0.3) is 0 Å². The van der Waals surface area contributed by atoms with Crippen molar-refractivity contribution in [2.75, 3.05) is 18.1 Å². The quantitative estimate of drug-likeness (QED) is 0.528. The molecule has 0 aromatic heterocycles. The van der Waals surface area contributed by atoms with Crippen LogP contribution < -0.4 is 0 Å². The van der Waals surface area contributed by atoms with E-state index in [1.807, 2.05) is 30.3 Å². The Kier molecular flexibility index (Phi) is 7.71. The normalized spacial score (nSPS) is 16.0. The van der Waals surface area contributed by atoms with Crippen LogP contribution in [0.2, 0.25) is 0 Å². The van der Waals surface area contributed by atoms with Crippen molar-refractivity contribution in [2.24, 2.45) is 0 Å². The third-order valence-corrected chi connectivity index (χ3v) is 5.75. The molecule has 0 amide bonds. The minimum Gasteiger partial charge on any atom is -0.460 e. The van der Waals surface area contributed by atoms with Crippen LogP contribution in [0.3, 0.4) is 0 Å². The van der Waals surface area contributed by atoms with Crippen molar-refractivity contribution < 1.29 is 19.1 Å². The maximum Gasteiger partial charge on any atom is 0.302 e. The Morgan fingerprint density at radius 2 is 2.00 bits per heavy atom. The van der Waals surface area contributed by atoms with E-state index in [-0.39, 0.29) is 12.1 Å². The molecule has 0 radical (unpaired) electrons. The van der Waals surface area contributed by atoms with Gasteiger partial charge in [-0.05, 0) is 5.56 Å². The first-order valence-corrected chi connectivity index (χ1v) is 9.39. The molecule has 1 aliphatic rings. The summed E-state index contributed by atoms with van der Waals surface area (Å²) in [6.07, 6.45) is 1.05. The monoisotopic (exact) mass is 352 g/mol. The molecule has 0 unspecified atom stereocenters. The van der Waals surface area contributed by atoms with Gasteiger partial charge in [-0.15, -0.1) is 23.5 Å². The molecule has 0 N–H and O–H groups in total. The zero-order valence-corrected chi connectivity index (χ0v) is 14.7. The van der Waals surface area contributed by atoms with Crippen molar-refractivity contribution in [2.45, 2.75) is 26.1 Å². The molecule has 0 saturated heterocycles. The molecule has 0 aliphatic carbocycles. The van der Waals surface area contributed by atoms with Gasteiger partial charge < -0.3 is 9.47 Å². The Morgan fingerprint density at radius 1 is 1.26 bits per heavy atom. The molecule has 23 heavy (non-hydrogen) atoms. The van der Waals surface area contributed by atoms with Gasteiger partial charge in [0, 0.05) is 29.8 Å². The molecule has 0 fully saturated rings. The topological polar surface area (TPSA) is 52.6 Å². The summed E-state index contributed by atoms with van der Waals surface area (Å²) in [6.45, 7) is 2.18. The van der Waals surface area contributed by atoms with E-state index in [0.717, 1.165) is 33.2 Å². The summed E-state index contributed by atoms with van der Waals surface area (Å²) < 4.78 is 11.0. The first-order valence-electron chi connectivity index (χ1n) is 7.42. The van der Waals surface area contributed by atoms with Gasteiger partial charge in [-0.25, -0.2) is 0 Å². The van der Waals surface area contributed by atoms with Crippen LogP contribution in [0.25, 0.3) is 0 Å². The maximum absolute atomic E-state index is 11.3. The number of carbonyl (C=O) groups excluding carboxylic acids is 2. The second-order valence-electron chi connectivity index (χ2n) is 5.04. The molecule has 0 bridgehead atoms. The van der Waals surface area contributed by atoms with Crippen molar-refractivity contribution in [1.29, 1.82) is 0 Å². The molecule has 0 spiro atoms. The first kappa shape index (κ1) is 18.1. The Hall–Kier alpha value is -1.24. The first-order chi connectivity index (χ1) is 11.2. The summed E-state index contributed by atoms with van der Waals surface area (Å²) in [5, 5.41) is 0. The lowest BCUT2D eigenvalue weighted by atomic mass is 10.2. The largest absolute Gasteiger partial charge is 0.460 e. The Balaban J connectivity index is 1.92. The lowest BCUT2D eigenvalue weighted by Crippen LogP contribution is -2.23. The van der Waals surface area contributed by atoms with Crippen LogP contribution in [0, 0.1) is 0 Å². The highest BCUT2D eigenvalue weighted by atomic mass is 32.2. The van der Waals surface area contributed by atoms with E-state index in [1.54, 1.807) is 23.5 Å². The summed E-state index contributed by atoms with van der Waals surface area (Å²) in [5.41, 5.74) is 1.07. The Bertz CT molecular complexity index is 557. The molecule has 1 heterocycles. The van der Waals surface area contributed by atoms with Crippen LogP contribution >= 0.6 is 23.5 Å². The summed E-state index contributed by atoms with van der Waals surface area (Å²) in [7, 11) is 0. The molecule has 0 saturated carbocycles. The zero-order chi connectivity index (χ0) is 16.5. The molecule has 2 rings (SSSR count). The summed E-state index contributed by atoms with van der Waals surface area (Å²) in [6, 6.07) is 9.85. The molecule has 1 aromatic rings. The fourth-order valence-corrected chi connectivity index (χ4v) is 4.48. The van der Waals surface area contributed by atoms with Crippen LogP contribution in [0.5, 0.6) is 0 Å². The standard InChI is InChI=1S/C17H20O4S2/c1-13(19)21-15(9-16-17(10-18)23-8-7-22-16)12-20-11-14-5-3-2-4-6-14/h2-6,10,15H,7-9,11-12H2,1H3/t15-/m1/s1. The number of aldehydes is 1. The van der Waals surface area contributed by atoms with E-state index in [2.05, 4.69) is 0 Å². The number of hydrogen-bond acceptors (Lipinski definition) is 6. The molecule has 1 aromatic carbocycles. The van der Waals surface area contributed by atoms with Gasteiger partial charge in [0.2, 0.25) is 0 Å². The molecule has 4 nitrogen and oxygen atoms in total. The minimum absolute atomic E-state index is 0.315. The third kappa shape index (κ3) is 6.41. The molecule has 124 valence electrons. The number of hydrogen-bond donors (Lipinski definition) is 0. The zero-order valence-electron chi connectivity index (χ0n) is 13.0. The van der Waals surface area contributed by atoms with Gasteiger partial charge in [0.05, 0.1) is 18.1 Å². The molecule has 6 heteroatoms. The van der Waals surface area contributed by atoms with Gasteiger partial charge in [-0.1, -0.05) is 30.3 Å². The van der Waals surface area contributed by atoms with E-state index in [1.165, 1.54) is 6.92 Å². The fourth-order valence-electron chi connectivity index (χ4n) is 2.19. The predicted molar refractivity (Wildman–Crippen MR) is 94.3 cm³/mol. The fraction of sp³-hybridized carbons (Fsp3) is 0.412. The minimum atomic E-state index is -0.368. The molecular weight excluding hydrogens is 332 g/mol. The number of benzene rings is 1. The number of carbonyl (C=O) groups is 2. The average Bonchev–Trinajstić information content (AvgIpc) is 2.55. The Labute approximate surface area is 145 Å². The Morgan fingerprint density at radius 3 is 2.70 bits per heavy atom. The number of thioether (sulfide) groups is 2. The van der Waals surface area contributed by atoms with Crippen LogP contribution in [0.1, 0.15) is 18.9 Å². The maximum atomic E-state index is 11.3. The van der Waals surface area contributed by atoms with Crippen LogP contribution in [0.15, 0.2) is 40.1 Å². The highest BCUT2D eigenvalue weighted by Gasteiger charge is 2.20. The second-order valence-corrected chi connectivity index (χ2v) is 7.36. The van der Waals surface area contributed by atoms with E-state index in [0.29, 0.717) is 19.6 Å². The lowest BCUT2D eigenvalue weighted by Gasteiger charge is -2.22. The summed E-state index contributed by atoms with van der Waals surface area (Å²) in [4.78, 5) is 24.2. The number of esters is 1. The highest BCUT2D eigenvalue weighted by molar-refractivity contribution is 8.10. The number of ether oxygens (including phenoxy) is 2. The number of allylic oxidation sites excluding steroid dienone is 1. The molecule has 1 aliphatic heterocycles. The van der Waals surface area contributed by atoms with Crippen molar-refractivity contribution in [3.05, 3.63) is 45.7 Å². The van der Waals surface area contributed by atoms with Gasteiger partial charge in [-0.3, -0.25) is 9.59 Å². The van der Waals surface area contributed by atoms with Crippen LogP contribution in [-0.2, 0) is 25.7 Å². The smallest absolute Gasteiger partial charge is 0.302 e. The van der Waals surface area contributed by atoms with Crippen molar-refractivity contribution in [1.82, 2.24) is 0 Å². The summed E-state index contributed by atoms with van der Waals surface area (Å²) in [5.74, 6) is 1.57. The van der Waals surface area contributed by atoms with Gasteiger partial charge in [0.1, 0.15) is 6.10 Å². The van der Waals surface area contributed by atoms with E-state index in [4.69, 9.17) is 9.47 Å². The SMILES string of the molecule is CC(=O)O[C@@H](COCc1ccccc1)CC1=C(C=O)SCCS1. The average molecular weight is 352 g/mol. The number of rotatable bonds is 8. The lowest BCUT2D eigenvalue weighted by molar-refractivity contribution is -0.149.